The second-order valence-electron chi connectivity index (χ2n) is 6.32. The van der Waals surface area contributed by atoms with Crippen molar-refractivity contribution in [1.82, 2.24) is 14.9 Å². The third kappa shape index (κ3) is 4.77. The maximum absolute atomic E-state index is 14.3. The highest BCUT2D eigenvalue weighted by Gasteiger charge is 2.17. The predicted molar refractivity (Wildman–Crippen MR) is 109 cm³/mol. The Morgan fingerprint density at radius 1 is 1.15 bits per heavy atom. The van der Waals surface area contributed by atoms with Gasteiger partial charge in [-0.15, -0.1) is 11.3 Å². The third-order valence-corrected chi connectivity index (χ3v) is 5.82. The van der Waals surface area contributed by atoms with Crippen molar-refractivity contribution in [2.75, 3.05) is 23.1 Å². The van der Waals surface area contributed by atoms with E-state index in [-0.39, 0.29) is 5.82 Å². The number of aromatic nitrogens is 2. The van der Waals surface area contributed by atoms with Crippen molar-refractivity contribution in [3.05, 3.63) is 64.4 Å². The van der Waals surface area contributed by atoms with E-state index in [0.29, 0.717) is 6.54 Å². The smallest absolute Gasteiger partial charge is 0.147 e. The number of benzene rings is 1. The molecule has 0 bridgehead atoms. The number of likely N-dealkylation sites (tertiary alicyclic amines) is 1. The second-order valence-corrected chi connectivity index (χ2v) is 7.92. The van der Waals surface area contributed by atoms with Crippen LogP contribution in [0.25, 0.3) is 0 Å². The minimum atomic E-state index is -0.167. The van der Waals surface area contributed by atoms with Crippen LogP contribution in [-0.4, -0.2) is 28.0 Å². The standard InChI is InChI=1S/C19H20FN5S2/c20-17-4-1-3-14(11-25-7-2-8-25)16(17)10-22-18-6-5-15(9-21-18)27-24-19-12-26-13-23-19/h1,3-6,9,12-13,24H,2,7-8,10-11H2,(H,21,22). The fourth-order valence-corrected chi connectivity index (χ4v) is 3.96. The molecule has 8 heteroatoms. The van der Waals surface area contributed by atoms with Crippen molar-refractivity contribution in [2.24, 2.45) is 0 Å². The fourth-order valence-electron chi connectivity index (χ4n) is 2.83. The number of hydrogen-bond acceptors (Lipinski definition) is 7. The average molecular weight is 402 g/mol. The van der Waals surface area contributed by atoms with Gasteiger partial charge in [-0.05, 0) is 55.2 Å². The number of halogens is 1. The van der Waals surface area contributed by atoms with Gasteiger partial charge in [0.15, 0.2) is 0 Å². The Hall–Kier alpha value is -2.16. The zero-order valence-electron chi connectivity index (χ0n) is 14.7. The molecule has 0 saturated carbocycles. The summed E-state index contributed by atoms with van der Waals surface area (Å²) >= 11 is 3.01. The molecule has 0 aliphatic carbocycles. The van der Waals surface area contributed by atoms with Gasteiger partial charge in [-0.1, -0.05) is 12.1 Å². The van der Waals surface area contributed by atoms with Crippen molar-refractivity contribution in [3.8, 4) is 0 Å². The van der Waals surface area contributed by atoms with E-state index >= 15 is 0 Å². The molecule has 0 amide bonds. The van der Waals surface area contributed by atoms with Crippen LogP contribution >= 0.6 is 23.3 Å². The summed E-state index contributed by atoms with van der Waals surface area (Å²) in [5.74, 6) is 1.40. The molecule has 3 aromatic rings. The van der Waals surface area contributed by atoms with E-state index in [1.807, 2.05) is 23.6 Å². The molecule has 0 radical (unpaired) electrons. The van der Waals surface area contributed by atoms with E-state index in [1.165, 1.54) is 24.4 Å². The first-order valence-corrected chi connectivity index (χ1v) is 10.5. The maximum Gasteiger partial charge on any atom is 0.147 e. The van der Waals surface area contributed by atoms with Crippen LogP contribution in [0.2, 0.25) is 0 Å². The molecule has 3 heterocycles. The first-order chi connectivity index (χ1) is 13.3. The van der Waals surface area contributed by atoms with E-state index in [4.69, 9.17) is 0 Å². The van der Waals surface area contributed by atoms with Crippen LogP contribution in [-0.2, 0) is 13.1 Å². The highest BCUT2D eigenvalue weighted by atomic mass is 32.2. The van der Waals surface area contributed by atoms with Gasteiger partial charge in [0.2, 0.25) is 0 Å². The normalized spacial score (nSPS) is 14.0. The van der Waals surface area contributed by atoms with Crippen LogP contribution in [0.3, 0.4) is 0 Å². The topological polar surface area (TPSA) is 53.1 Å². The molecule has 0 unspecified atom stereocenters. The summed E-state index contributed by atoms with van der Waals surface area (Å²) in [5, 5.41) is 5.19. The van der Waals surface area contributed by atoms with E-state index in [1.54, 1.807) is 29.1 Å². The van der Waals surface area contributed by atoms with E-state index in [0.717, 1.165) is 47.3 Å². The first-order valence-electron chi connectivity index (χ1n) is 8.77. The van der Waals surface area contributed by atoms with Gasteiger partial charge in [-0.3, -0.25) is 4.90 Å². The Kier molecular flexibility index (Phi) is 5.86. The lowest BCUT2D eigenvalue weighted by Crippen LogP contribution is -2.36. The fraction of sp³-hybridized carbons (Fsp3) is 0.263. The molecular formula is C19H20FN5S2. The molecule has 2 N–H and O–H groups in total. The Morgan fingerprint density at radius 2 is 2.07 bits per heavy atom. The van der Waals surface area contributed by atoms with Crippen molar-refractivity contribution < 1.29 is 4.39 Å². The minimum Gasteiger partial charge on any atom is -0.366 e. The molecule has 0 atom stereocenters. The average Bonchev–Trinajstić information content (AvgIpc) is 3.17. The van der Waals surface area contributed by atoms with Crippen molar-refractivity contribution in [2.45, 2.75) is 24.4 Å². The molecule has 140 valence electrons. The van der Waals surface area contributed by atoms with Crippen LogP contribution in [0, 0.1) is 5.82 Å². The number of nitrogens with one attached hydrogen (secondary N) is 2. The van der Waals surface area contributed by atoms with Gasteiger partial charge in [0.1, 0.15) is 17.5 Å². The SMILES string of the molecule is Fc1cccc(CN2CCC2)c1CNc1ccc(SNc2cscn2)cn1. The summed E-state index contributed by atoms with van der Waals surface area (Å²) in [6, 6.07) is 9.19. The summed E-state index contributed by atoms with van der Waals surface area (Å²) in [6.07, 6.45) is 3.02. The molecule has 0 spiro atoms. The monoisotopic (exact) mass is 401 g/mol. The van der Waals surface area contributed by atoms with Gasteiger partial charge < -0.3 is 10.0 Å². The maximum atomic E-state index is 14.3. The highest BCUT2D eigenvalue weighted by Crippen LogP contribution is 2.22. The molecule has 2 aromatic heterocycles. The van der Waals surface area contributed by atoms with Gasteiger partial charge >= 0.3 is 0 Å². The molecule has 4 rings (SSSR count). The van der Waals surface area contributed by atoms with Crippen molar-refractivity contribution >= 4 is 34.9 Å². The van der Waals surface area contributed by atoms with E-state index < -0.39 is 0 Å². The number of thiazole rings is 1. The lowest BCUT2D eigenvalue weighted by Gasteiger charge is -2.31. The second kappa shape index (κ2) is 8.69. The predicted octanol–water partition coefficient (Wildman–Crippen LogP) is 4.61. The molecule has 1 saturated heterocycles. The Balaban J connectivity index is 1.35. The number of nitrogens with zero attached hydrogens (tertiary/aromatic N) is 3. The van der Waals surface area contributed by atoms with Gasteiger partial charge in [0, 0.05) is 35.1 Å². The zero-order chi connectivity index (χ0) is 18.5. The van der Waals surface area contributed by atoms with Gasteiger partial charge in [0.25, 0.3) is 0 Å². The molecule has 1 aliphatic rings. The molecular weight excluding hydrogens is 381 g/mol. The summed E-state index contributed by atoms with van der Waals surface area (Å²) in [5.41, 5.74) is 3.55. The largest absolute Gasteiger partial charge is 0.366 e. The minimum absolute atomic E-state index is 0.167. The molecule has 1 aliphatic heterocycles. The van der Waals surface area contributed by atoms with Crippen LogP contribution < -0.4 is 10.0 Å². The molecule has 1 fully saturated rings. The summed E-state index contributed by atoms with van der Waals surface area (Å²) in [4.78, 5) is 11.9. The van der Waals surface area contributed by atoms with Crippen molar-refractivity contribution in [1.29, 1.82) is 0 Å². The highest BCUT2D eigenvalue weighted by molar-refractivity contribution is 8.00. The lowest BCUT2D eigenvalue weighted by molar-refractivity contribution is 0.172. The van der Waals surface area contributed by atoms with E-state index in [9.17, 15) is 4.39 Å². The Morgan fingerprint density at radius 3 is 2.78 bits per heavy atom. The Labute approximate surface area is 166 Å². The van der Waals surface area contributed by atoms with Crippen LogP contribution in [0.5, 0.6) is 0 Å². The van der Waals surface area contributed by atoms with Gasteiger partial charge in [0.05, 0.1) is 5.51 Å². The van der Waals surface area contributed by atoms with Gasteiger partial charge in [-0.25, -0.2) is 14.4 Å². The summed E-state index contributed by atoms with van der Waals surface area (Å²) in [7, 11) is 0. The molecule has 1 aromatic carbocycles. The van der Waals surface area contributed by atoms with Crippen LogP contribution in [0.15, 0.2) is 52.3 Å². The molecule has 5 nitrogen and oxygen atoms in total. The molecule has 27 heavy (non-hydrogen) atoms. The number of rotatable bonds is 8. The quantitative estimate of drug-likeness (QED) is 0.538. The van der Waals surface area contributed by atoms with Crippen molar-refractivity contribution in [3.63, 3.8) is 0 Å². The Bertz CT molecular complexity index is 866. The first kappa shape index (κ1) is 18.2. The van der Waals surface area contributed by atoms with E-state index in [2.05, 4.69) is 24.9 Å². The summed E-state index contributed by atoms with van der Waals surface area (Å²) < 4.78 is 17.5. The van der Waals surface area contributed by atoms with Crippen LogP contribution in [0.4, 0.5) is 16.0 Å². The number of hydrogen-bond donors (Lipinski definition) is 2. The zero-order valence-corrected chi connectivity index (χ0v) is 16.3. The number of pyridine rings is 1. The number of anilines is 2. The van der Waals surface area contributed by atoms with Crippen LogP contribution in [0.1, 0.15) is 17.5 Å². The summed E-state index contributed by atoms with van der Waals surface area (Å²) in [6.45, 7) is 3.42. The van der Waals surface area contributed by atoms with Gasteiger partial charge in [-0.2, -0.15) is 0 Å². The lowest BCUT2D eigenvalue weighted by atomic mass is 10.0. The third-order valence-electron chi connectivity index (χ3n) is 4.45.